The molecule has 0 unspecified atom stereocenters. The number of benzene rings is 3. The number of rotatable bonds is 7. The van der Waals surface area contributed by atoms with Crippen LogP contribution in [0, 0.1) is 3.57 Å². The van der Waals surface area contributed by atoms with E-state index in [0.717, 1.165) is 24.7 Å². The standard InChI is InChI=1S/C30H23BrClIN2O4S/c1-3-23-25(29(37)38-2)26(18-7-5-4-6-8-18)35-28(36)24(40-30(35)34-23)14-19-13-20(31)15-22(33)27(19)39-16-17-9-11-21(32)12-10-17/h4-15,26H,3,16H2,1-2H3/b24-14+/t26-/m0/s1. The summed E-state index contributed by atoms with van der Waals surface area (Å²) in [7, 11) is 1.34. The van der Waals surface area contributed by atoms with Gasteiger partial charge in [-0.3, -0.25) is 9.36 Å². The molecule has 10 heteroatoms. The van der Waals surface area contributed by atoms with Crippen molar-refractivity contribution in [1.82, 2.24) is 4.57 Å². The molecule has 1 atom stereocenters. The first-order valence-electron chi connectivity index (χ1n) is 12.3. The van der Waals surface area contributed by atoms with Crippen molar-refractivity contribution < 1.29 is 14.3 Å². The Balaban J connectivity index is 1.66. The van der Waals surface area contributed by atoms with Crippen LogP contribution in [0.25, 0.3) is 6.08 Å². The molecule has 0 saturated heterocycles. The molecule has 0 fully saturated rings. The van der Waals surface area contributed by atoms with Gasteiger partial charge in [0.1, 0.15) is 12.4 Å². The first-order valence-corrected chi connectivity index (χ1v) is 15.4. The van der Waals surface area contributed by atoms with Crippen LogP contribution in [-0.2, 0) is 16.1 Å². The van der Waals surface area contributed by atoms with Gasteiger partial charge in [0.25, 0.3) is 5.56 Å². The monoisotopic (exact) mass is 748 g/mol. The number of thiazole rings is 1. The number of nitrogens with zero attached hydrogens (tertiary/aromatic N) is 2. The lowest BCUT2D eigenvalue weighted by atomic mass is 9.95. The summed E-state index contributed by atoms with van der Waals surface area (Å²) in [4.78, 5) is 32.2. The molecular weight excluding hydrogens is 727 g/mol. The molecule has 6 nitrogen and oxygen atoms in total. The fraction of sp³-hybridized carbons (Fsp3) is 0.167. The van der Waals surface area contributed by atoms with E-state index in [1.54, 1.807) is 4.57 Å². The van der Waals surface area contributed by atoms with E-state index in [9.17, 15) is 9.59 Å². The summed E-state index contributed by atoms with van der Waals surface area (Å²) in [6, 6.07) is 20.2. The number of halogens is 3. The van der Waals surface area contributed by atoms with Gasteiger partial charge in [-0.15, -0.1) is 0 Å². The highest BCUT2D eigenvalue weighted by Crippen LogP contribution is 2.33. The van der Waals surface area contributed by atoms with E-state index in [1.165, 1.54) is 18.4 Å². The lowest BCUT2D eigenvalue weighted by molar-refractivity contribution is -0.136. The Morgan fingerprint density at radius 1 is 1.18 bits per heavy atom. The molecule has 40 heavy (non-hydrogen) atoms. The average Bonchev–Trinajstić information content (AvgIpc) is 3.26. The molecule has 0 spiro atoms. The summed E-state index contributed by atoms with van der Waals surface area (Å²) in [6.07, 6.45) is 2.34. The minimum atomic E-state index is -0.648. The summed E-state index contributed by atoms with van der Waals surface area (Å²) >= 11 is 13.1. The van der Waals surface area contributed by atoms with E-state index in [0.29, 0.717) is 44.4 Å². The number of allylic oxidation sites excluding steroid dienone is 1. The van der Waals surface area contributed by atoms with Crippen LogP contribution in [0.5, 0.6) is 5.75 Å². The highest BCUT2D eigenvalue weighted by Gasteiger charge is 2.33. The maximum Gasteiger partial charge on any atom is 0.338 e. The Morgan fingerprint density at radius 2 is 1.90 bits per heavy atom. The van der Waals surface area contributed by atoms with Gasteiger partial charge >= 0.3 is 5.97 Å². The molecule has 1 aliphatic rings. The zero-order valence-electron chi connectivity index (χ0n) is 21.5. The first-order chi connectivity index (χ1) is 19.3. The van der Waals surface area contributed by atoms with Crippen LogP contribution in [0.4, 0.5) is 0 Å². The Bertz CT molecular complexity index is 1800. The second-order valence-electron chi connectivity index (χ2n) is 8.92. The number of carbonyl (C=O) groups excluding carboxylic acids is 1. The number of ether oxygens (including phenoxy) is 2. The molecule has 1 aliphatic heterocycles. The van der Waals surface area contributed by atoms with Crippen molar-refractivity contribution in [3.05, 3.63) is 127 Å². The number of esters is 1. The largest absolute Gasteiger partial charge is 0.487 e. The number of aromatic nitrogens is 1. The normalized spacial score (nSPS) is 15.0. The SMILES string of the molecule is CCC1=C(C(=O)OC)[C@H](c2ccccc2)n2c(s/c(=C/c3cc(Br)cc(I)c3OCc3ccc(Cl)cc3)c2=O)=N1. The Hall–Kier alpha value is -2.73. The number of carbonyl (C=O) groups is 1. The third-order valence-electron chi connectivity index (χ3n) is 6.39. The van der Waals surface area contributed by atoms with Gasteiger partial charge in [-0.1, -0.05) is 88.3 Å². The van der Waals surface area contributed by atoms with Crippen LogP contribution in [0.1, 0.15) is 36.1 Å². The third-order valence-corrected chi connectivity index (χ3v) is 8.88. The van der Waals surface area contributed by atoms with Crippen molar-refractivity contribution in [2.75, 3.05) is 7.11 Å². The molecule has 0 N–H and O–H groups in total. The lowest BCUT2D eigenvalue weighted by Crippen LogP contribution is -2.40. The van der Waals surface area contributed by atoms with E-state index in [1.807, 2.05) is 79.7 Å². The van der Waals surface area contributed by atoms with Crippen molar-refractivity contribution in [2.45, 2.75) is 26.0 Å². The fourth-order valence-corrected chi connectivity index (χ4v) is 7.37. The number of hydrogen-bond acceptors (Lipinski definition) is 6. The van der Waals surface area contributed by atoms with Gasteiger partial charge in [-0.25, -0.2) is 9.79 Å². The van der Waals surface area contributed by atoms with Crippen LogP contribution in [0.2, 0.25) is 5.02 Å². The van der Waals surface area contributed by atoms with Gasteiger partial charge in [0.15, 0.2) is 4.80 Å². The fourth-order valence-electron chi connectivity index (χ4n) is 4.53. The molecule has 0 saturated carbocycles. The second-order valence-corrected chi connectivity index (χ2v) is 12.4. The molecule has 0 aliphatic carbocycles. The van der Waals surface area contributed by atoms with E-state index in [2.05, 4.69) is 38.5 Å². The number of fused-ring (bicyclic) bond motifs is 1. The lowest BCUT2D eigenvalue weighted by Gasteiger charge is -2.25. The maximum absolute atomic E-state index is 14.0. The van der Waals surface area contributed by atoms with Gasteiger partial charge < -0.3 is 9.47 Å². The van der Waals surface area contributed by atoms with Gasteiger partial charge in [0.05, 0.1) is 32.5 Å². The molecule has 3 aromatic carbocycles. The highest BCUT2D eigenvalue weighted by molar-refractivity contribution is 14.1. The second kappa shape index (κ2) is 12.4. The summed E-state index contributed by atoms with van der Waals surface area (Å²) in [5.74, 6) is 0.164. The molecular formula is C30H23BrClIN2O4S. The predicted octanol–water partition coefficient (Wildman–Crippen LogP) is 6.40. The number of hydrogen-bond donors (Lipinski definition) is 0. The highest BCUT2D eigenvalue weighted by atomic mass is 127. The summed E-state index contributed by atoms with van der Waals surface area (Å²) in [5.41, 5.74) is 3.26. The topological polar surface area (TPSA) is 69.9 Å². The minimum absolute atomic E-state index is 0.243. The van der Waals surface area contributed by atoms with Crippen LogP contribution in [0.15, 0.2) is 92.3 Å². The smallest absolute Gasteiger partial charge is 0.338 e. The third kappa shape index (κ3) is 5.83. The van der Waals surface area contributed by atoms with Crippen LogP contribution in [0.3, 0.4) is 0 Å². The molecule has 0 amide bonds. The van der Waals surface area contributed by atoms with Gasteiger partial charge in [0.2, 0.25) is 0 Å². The predicted molar refractivity (Wildman–Crippen MR) is 169 cm³/mol. The van der Waals surface area contributed by atoms with Crippen molar-refractivity contribution in [2.24, 2.45) is 4.99 Å². The molecule has 0 bridgehead atoms. The molecule has 1 aromatic heterocycles. The van der Waals surface area contributed by atoms with Gasteiger partial charge in [-0.05, 0) is 70.5 Å². The summed E-state index contributed by atoms with van der Waals surface area (Å²) < 4.78 is 15.2. The Morgan fingerprint density at radius 3 is 2.58 bits per heavy atom. The first kappa shape index (κ1) is 28.8. The summed E-state index contributed by atoms with van der Waals surface area (Å²) in [5, 5.41) is 0.661. The molecule has 4 aromatic rings. The Labute approximate surface area is 261 Å². The molecule has 0 radical (unpaired) electrons. The van der Waals surface area contributed by atoms with Crippen LogP contribution in [-0.4, -0.2) is 17.6 Å². The average molecular weight is 750 g/mol. The van der Waals surface area contributed by atoms with E-state index >= 15 is 0 Å². The van der Waals surface area contributed by atoms with E-state index < -0.39 is 12.0 Å². The zero-order chi connectivity index (χ0) is 28.4. The molecule has 204 valence electrons. The van der Waals surface area contributed by atoms with Crippen molar-refractivity contribution in [3.8, 4) is 5.75 Å². The zero-order valence-corrected chi connectivity index (χ0v) is 26.8. The van der Waals surface area contributed by atoms with Gasteiger partial charge in [-0.2, -0.15) is 0 Å². The number of methoxy groups -OCH3 is 1. The minimum Gasteiger partial charge on any atom is -0.487 e. The Kier molecular flexibility index (Phi) is 8.94. The molecule has 5 rings (SSSR count). The van der Waals surface area contributed by atoms with Crippen LogP contribution >= 0.6 is 61.5 Å². The van der Waals surface area contributed by atoms with E-state index in [4.69, 9.17) is 26.1 Å². The molecule has 2 heterocycles. The van der Waals surface area contributed by atoms with Gasteiger partial charge in [0, 0.05) is 15.1 Å². The van der Waals surface area contributed by atoms with Crippen molar-refractivity contribution >= 4 is 73.5 Å². The van der Waals surface area contributed by atoms with Crippen molar-refractivity contribution in [1.29, 1.82) is 0 Å². The van der Waals surface area contributed by atoms with E-state index in [-0.39, 0.29) is 5.56 Å². The maximum atomic E-state index is 14.0. The van der Waals surface area contributed by atoms with Crippen LogP contribution < -0.4 is 19.6 Å². The quantitative estimate of drug-likeness (QED) is 0.162. The van der Waals surface area contributed by atoms with Crippen molar-refractivity contribution in [3.63, 3.8) is 0 Å². The summed E-state index contributed by atoms with van der Waals surface area (Å²) in [6.45, 7) is 2.28.